The van der Waals surface area contributed by atoms with Crippen molar-refractivity contribution < 1.29 is 9.13 Å². The SMILES string of the molecule is Fc1cccc(Cn2c(CC3CCOC3)nc3cccnc32)c1. The normalized spacial score (nSPS) is 17.9. The number of pyridine rings is 1. The van der Waals surface area contributed by atoms with Crippen molar-refractivity contribution in [2.24, 2.45) is 5.92 Å². The van der Waals surface area contributed by atoms with E-state index in [9.17, 15) is 4.39 Å². The van der Waals surface area contributed by atoms with Crippen LogP contribution in [-0.4, -0.2) is 27.7 Å². The largest absolute Gasteiger partial charge is 0.381 e. The van der Waals surface area contributed by atoms with E-state index in [-0.39, 0.29) is 5.82 Å². The topological polar surface area (TPSA) is 39.9 Å². The number of benzene rings is 1. The maximum absolute atomic E-state index is 13.5. The third-order valence-corrected chi connectivity index (χ3v) is 4.31. The number of hydrogen-bond donors (Lipinski definition) is 0. The minimum absolute atomic E-state index is 0.217. The lowest BCUT2D eigenvalue weighted by molar-refractivity contribution is 0.185. The molecule has 0 radical (unpaired) electrons. The molecule has 2 aromatic heterocycles. The first-order valence-electron chi connectivity index (χ1n) is 7.92. The van der Waals surface area contributed by atoms with Gasteiger partial charge in [-0.05, 0) is 42.2 Å². The van der Waals surface area contributed by atoms with E-state index in [2.05, 4.69) is 9.55 Å². The molecule has 4 rings (SSSR count). The second-order valence-corrected chi connectivity index (χ2v) is 6.02. The lowest BCUT2D eigenvalue weighted by atomic mass is 10.0. The van der Waals surface area contributed by atoms with E-state index in [0.29, 0.717) is 12.5 Å². The third-order valence-electron chi connectivity index (χ3n) is 4.31. The monoisotopic (exact) mass is 311 g/mol. The Morgan fingerprint density at radius 2 is 2.22 bits per heavy atom. The molecule has 118 valence electrons. The number of rotatable bonds is 4. The first-order valence-corrected chi connectivity index (χ1v) is 7.92. The van der Waals surface area contributed by atoms with Crippen LogP contribution in [0.1, 0.15) is 17.8 Å². The predicted molar refractivity (Wildman–Crippen MR) is 85.7 cm³/mol. The molecule has 0 bridgehead atoms. The molecule has 0 amide bonds. The average molecular weight is 311 g/mol. The summed E-state index contributed by atoms with van der Waals surface area (Å²) in [5.74, 6) is 1.28. The molecule has 0 saturated carbocycles. The molecule has 0 aliphatic carbocycles. The summed E-state index contributed by atoms with van der Waals surface area (Å²) < 4.78 is 21.1. The van der Waals surface area contributed by atoms with Gasteiger partial charge < -0.3 is 9.30 Å². The van der Waals surface area contributed by atoms with E-state index in [0.717, 1.165) is 48.6 Å². The predicted octanol–water partition coefficient (Wildman–Crippen LogP) is 3.20. The molecule has 4 nitrogen and oxygen atoms in total. The summed E-state index contributed by atoms with van der Waals surface area (Å²) in [6.45, 7) is 2.19. The first kappa shape index (κ1) is 14.3. The Kier molecular flexibility index (Phi) is 3.79. The van der Waals surface area contributed by atoms with E-state index in [1.807, 2.05) is 18.2 Å². The van der Waals surface area contributed by atoms with Gasteiger partial charge in [-0.1, -0.05) is 12.1 Å². The zero-order valence-electron chi connectivity index (χ0n) is 12.8. The van der Waals surface area contributed by atoms with Crippen molar-refractivity contribution in [3.63, 3.8) is 0 Å². The third kappa shape index (κ3) is 2.97. The molecule has 5 heteroatoms. The Labute approximate surface area is 133 Å². The zero-order valence-corrected chi connectivity index (χ0v) is 12.8. The molecular weight excluding hydrogens is 293 g/mol. The summed E-state index contributed by atoms with van der Waals surface area (Å²) in [6, 6.07) is 10.6. The highest BCUT2D eigenvalue weighted by Gasteiger charge is 2.20. The fraction of sp³-hybridized carbons (Fsp3) is 0.333. The summed E-state index contributed by atoms with van der Waals surface area (Å²) in [6.07, 6.45) is 3.71. The molecule has 3 heterocycles. The van der Waals surface area contributed by atoms with Crippen LogP contribution in [0.3, 0.4) is 0 Å². The maximum Gasteiger partial charge on any atom is 0.160 e. The molecule has 0 N–H and O–H groups in total. The van der Waals surface area contributed by atoms with Crippen LogP contribution in [0.2, 0.25) is 0 Å². The van der Waals surface area contributed by atoms with Gasteiger partial charge >= 0.3 is 0 Å². The Balaban J connectivity index is 1.72. The molecule has 1 atom stereocenters. The summed E-state index contributed by atoms with van der Waals surface area (Å²) in [5, 5.41) is 0. The summed E-state index contributed by atoms with van der Waals surface area (Å²) in [7, 11) is 0. The van der Waals surface area contributed by atoms with Crippen LogP contribution in [0.5, 0.6) is 0 Å². The number of fused-ring (bicyclic) bond motifs is 1. The van der Waals surface area contributed by atoms with E-state index >= 15 is 0 Å². The van der Waals surface area contributed by atoms with E-state index in [1.54, 1.807) is 18.3 Å². The van der Waals surface area contributed by atoms with Gasteiger partial charge in [0.25, 0.3) is 0 Å². The van der Waals surface area contributed by atoms with Crippen LogP contribution in [-0.2, 0) is 17.7 Å². The Hall–Kier alpha value is -2.27. The lowest BCUT2D eigenvalue weighted by Crippen LogP contribution is -2.12. The Bertz CT molecular complexity index is 824. The lowest BCUT2D eigenvalue weighted by Gasteiger charge is -2.11. The summed E-state index contributed by atoms with van der Waals surface area (Å²) >= 11 is 0. The zero-order chi connectivity index (χ0) is 15.6. The highest BCUT2D eigenvalue weighted by Crippen LogP contribution is 2.22. The van der Waals surface area contributed by atoms with Gasteiger partial charge in [-0.15, -0.1) is 0 Å². The minimum atomic E-state index is -0.217. The second kappa shape index (κ2) is 6.08. The summed E-state index contributed by atoms with van der Waals surface area (Å²) in [5.41, 5.74) is 2.65. The Morgan fingerprint density at radius 3 is 3.04 bits per heavy atom. The highest BCUT2D eigenvalue weighted by molar-refractivity contribution is 5.71. The Morgan fingerprint density at radius 1 is 1.26 bits per heavy atom. The summed E-state index contributed by atoms with van der Waals surface area (Å²) in [4.78, 5) is 9.22. The number of ether oxygens (including phenoxy) is 1. The van der Waals surface area contributed by atoms with Gasteiger partial charge in [0.2, 0.25) is 0 Å². The number of imidazole rings is 1. The van der Waals surface area contributed by atoms with Gasteiger partial charge in [0, 0.05) is 25.8 Å². The van der Waals surface area contributed by atoms with Crippen LogP contribution in [0.15, 0.2) is 42.6 Å². The van der Waals surface area contributed by atoms with E-state index in [1.165, 1.54) is 6.07 Å². The van der Waals surface area contributed by atoms with Gasteiger partial charge in [0.15, 0.2) is 5.65 Å². The molecule has 0 spiro atoms. The number of nitrogens with zero attached hydrogens (tertiary/aromatic N) is 3. The van der Waals surface area contributed by atoms with Crippen LogP contribution < -0.4 is 0 Å². The number of halogens is 1. The van der Waals surface area contributed by atoms with Crippen molar-refractivity contribution in [3.05, 3.63) is 59.8 Å². The number of hydrogen-bond acceptors (Lipinski definition) is 3. The fourth-order valence-corrected chi connectivity index (χ4v) is 3.15. The fourth-order valence-electron chi connectivity index (χ4n) is 3.15. The molecule has 3 aromatic rings. The number of aromatic nitrogens is 3. The van der Waals surface area contributed by atoms with Crippen LogP contribution in [0, 0.1) is 11.7 Å². The van der Waals surface area contributed by atoms with Gasteiger partial charge in [-0.25, -0.2) is 14.4 Å². The van der Waals surface area contributed by atoms with Crippen molar-refractivity contribution in [3.8, 4) is 0 Å². The molecule has 1 unspecified atom stereocenters. The van der Waals surface area contributed by atoms with Crippen molar-refractivity contribution in [2.75, 3.05) is 13.2 Å². The van der Waals surface area contributed by atoms with E-state index < -0.39 is 0 Å². The van der Waals surface area contributed by atoms with Gasteiger partial charge in [0.05, 0.1) is 6.54 Å². The molecule has 1 saturated heterocycles. The molecule has 23 heavy (non-hydrogen) atoms. The molecular formula is C18H18FN3O. The van der Waals surface area contributed by atoms with Gasteiger partial charge in [-0.3, -0.25) is 0 Å². The van der Waals surface area contributed by atoms with Gasteiger partial charge in [-0.2, -0.15) is 0 Å². The van der Waals surface area contributed by atoms with Crippen LogP contribution in [0.4, 0.5) is 4.39 Å². The molecule has 1 aliphatic heterocycles. The second-order valence-electron chi connectivity index (χ2n) is 6.02. The molecule has 1 aliphatic rings. The quantitative estimate of drug-likeness (QED) is 0.743. The molecule has 1 fully saturated rings. The van der Waals surface area contributed by atoms with Gasteiger partial charge in [0.1, 0.15) is 17.2 Å². The van der Waals surface area contributed by atoms with Crippen molar-refractivity contribution in [2.45, 2.75) is 19.4 Å². The smallest absolute Gasteiger partial charge is 0.160 e. The standard InChI is InChI=1S/C18H18FN3O/c19-15-4-1-3-13(9-15)11-22-17(10-14-6-8-23-12-14)21-16-5-2-7-20-18(16)22/h1-5,7,9,14H,6,8,10-12H2. The minimum Gasteiger partial charge on any atom is -0.381 e. The van der Waals surface area contributed by atoms with Crippen molar-refractivity contribution in [1.29, 1.82) is 0 Å². The highest BCUT2D eigenvalue weighted by atomic mass is 19.1. The van der Waals surface area contributed by atoms with E-state index in [4.69, 9.17) is 9.72 Å². The molecule has 1 aromatic carbocycles. The van der Waals surface area contributed by atoms with Crippen molar-refractivity contribution >= 4 is 11.2 Å². The maximum atomic E-state index is 13.5. The van der Waals surface area contributed by atoms with Crippen molar-refractivity contribution in [1.82, 2.24) is 14.5 Å². The van der Waals surface area contributed by atoms with Crippen LogP contribution >= 0.6 is 0 Å². The first-order chi connectivity index (χ1) is 11.3. The van der Waals surface area contributed by atoms with Crippen LogP contribution in [0.25, 0.3) is 11.2 Å². The average Bonchev–Trinajstić information content (AvgIpc) is 3.17.